The van der Waals surface area contributed by atoms with E-state index in [9.17, 15) is 9.59 Å². The Bertz CT molecular complexity index is 638. The van der Waals surface area contributed by atoms with Crippen LogP contribution in [0.2, 0.25) is 0 Å². The molecule has 0 saturated carbocycles. The lowest BCUT2D eigenvalue weighted by atomic mass is 10.1. The number of unbranched alkanes of at least 4 members (excludes halogenated alkanes) is 1. The van der Waals surface area contributed by atoms with Crippen LogP contribution in [0.1, 0.15) is 19.3 Å². The molecule has 2 amide bonds. The molecular weight excluding hydrogens is 270 g/mol. The quantitative estimate of drug-likeness (QED) is 0.712. The van der Waals surface area contributed by atoms with Crippen LogP contribution in [0.4, 0.5) is 10.5 Å². The summed E-state index contributed by atoms with van der Waals surface area (Å²) in [7, 11) is 0. The van der Waals surface area contributed by atoms with Crippen LogP contribution >= 0.6 is 0 Å². The van der Waals surface area contributed by atoms with Crippen molar-refractivity contribution in [2.75, 3.05) is 11.9 Å². The third-order valence-electron chi connectivity index (χ3n) is 3.03. The third kappa shape index (κ3) is 4.45. The number of carboxylic acid groups (broad SMARTS) is 1. The van der Waals surface area contributed by atoms with Crippen LogP contribution in [0.5, 0.6) is 0 Å². The second-order valence-electron chi connectivity index (χ2n) is 4.63. The Morgan fingerprint density at radius 2 is 2.05 bits per heavy atom. The molecule has 2 aromatic rings. The van der Waals surface area contributed by atoms with E-state index in [1.165, 1.54) is 0 Å². The Labute approximate surface area is 122 Å². The van der Waals surface area contributed by atoms with E-state index in [4.69, 9.17) is 5.11 Å². The molecule has 2 rings (SSSR count). The van der Waals surface area contributed by atoms with Crippen LogP contribution in [0.15, 0.2) is 36.7 Å². The maximum atomic E-state index is 11.8. The van der Waals surface area contributed by atoms with Crippen LogP contribution < -0.4 is 10.6 Å². The number of nitrogens with zero attached hydrogens (tertiary/aromatic N) is 1. The van der Waals surface area contributed by atoms with E-state index in [-0.39, 0.29) is 12.5 Å². The van der Waals surface area contributed by atoms with Gasteiger partial charge < -0.3 is 15.7 Å². The van der Waals surface area contributed by atoms with E-state index in [1.54, 1.807) is 12.4 Å². The first kappa shape index (κ1) is 14.8. The van der Waals surface area contributed by atoms with E-state index < -0.39 is 5.97 Å². The lowest BCUT2D eigenvalue weighted by molar-refractivity contribution is -0.137. The summed E-state index contributed by atoms with van der Waals surface area (Å²) in [6, 6.07) is 7.16. The monoisotopic (exact) mass is 287 g/mol. The molecule has 0 aliphatic rings. The van der Waals surface area contributed by atoms with Crippen molar-refractivity contribution in [1.82, 2.24) is 10.3 Å². The summed E-state index contributed by atoms with van der Waals surface area (Å²) in [6.45, 7) is 0.450. The maximum absolute atomic E-state index is 11.8. The van der Waals surface area contributed by atoms with Crippen molar-refractivity contribution in [3.05, 3.63) is 36.7 Å². The standard InChI is InChI=1S/C15H17N3O3/c19-14(20)6-1-2-8-17-15(21)18-13-5-3-4-11-10-16-9-7-12(11)13/h3-5,7,9-10H,1-2,6,8H2,(H,19,20)(H2,17,18,21). The molecule has 0 spiro atoms. The van der Waals surface area contributed by atoms with Gasteiger partial charge in [0.2, 0.25) is 0 Å². The number of urea groups is 1. The normalized spacial score (nSPS) is 10.3. The molecule has 3 N–H and O–H groups in total. The van der Waals surface area contributed by atoms with Gasteiger partial charge in [-0.25, -0.2) is 4.79 Å². The number of hydrogen-bond acceptors (Lipinski definition) is 3. The number of benzene rings is 1. The van der Waals surface area contributed by atoms with Crippen LogP contribution in [0.25, 0.3) is 10.8 Å². The molecule has 21 heavy (non-hydrogen) atoms. The van der Waals surface area contributed by atoms with Gasteiger partial charge in [-0.2, -0.15) is 0 Å². The van der Waals surface area contributed by atoms with Gasteiger partial charge in [-0.05, 0) is 25.0 Å². The highest BCUT2D eigenvalue weighted by atomic mass is 16.4. The molecule has 0 unspecified atom stereocenters. The molecule has 1 aromatic carbocycles. The van der Waals surface area contributed by atoms with E-state index in [0.717, 1.165) is 16.5 Å². The van der Waals surface area contributed by atoms with E-state index >= 15 is 0 Å². The van der Waals surface area contributed by atoms with Crippen LogP contribution in [0, 0.1) is 0 Å². The first-order valence-corrected chi connectivity index (χ1v) is 6.76. The molecule has 0 radical (unpaired) electrons. The second-order valence-corrected chi connectivity index (χ2v) is 4.63. The molecule has 1 heterocycles. The predicted molar refractivity (Wildman–Crippen MR) is 80.3 cm³/mol. The smallest absolute Gasteiger partial charge is 0.319 e. The Hall–Kier alpha value is -2.63. The van der Waals surface area contributed by atoms with Crippen molar-refractivity contribution in [2.24, 2.45) is 0 Å². The van der Waals surface area contributed by atoms with Crippen molar-refractivity contribution >= 4 is 28.5 Å². The molecule has 6 heteroatoms. The zero-order valence-electron chi connectivity index (χ0n) is 11.5. The maximum Gasteiger partial charge on any atom is 0.319 e. The predicted octanol–water partition coefficient (Wildman–Crippen LogP) is 2.61. The molecule has 110 valence electrons. The van der Waals surface area contributed by atoms with Gasteiger partial charge in [0.15, 0.2) is 0 Å². The van der Waals surface area contributed by atoms with E-state index in [1.807, 2.05) is 24.3 Å². The molecule has 0 atom stereocenters. The number of amides is 2. The van der Waals surface area contributed by atoms with Gasteiger partial charge >= 0.3 is 12.0 Å². The SMILES string of the molecule is O=C(O)CCCCNC(=O)Nc1cccc2cnccc12. The molecular formula is C15H17N3O3. The Balaban J connectivity index is 1.86. The van der Waals surface area contributed by atoms with Gasteiger partial charge in [0.1, 0.15) is 0 Å². The van der Waals surface area contributed by atoms with Crippen molar-refractivity contribution in [1.29, 1.82) is 0 Å². The van der Waals surface area contributed by atoms with E-state index in [0.29, 0.717) is 19.4 Å². The summed E-state index contributed by atoms with van der Waals surface area (Å²) in [6.07, 6.45) is 4.73. The molecule has 0 saturated heterocycles. The fourth-order valence-electron chi connectivity index (χ4n) is 2.00. The van der Waals surface area contributed by atoms with E-state index in [2.05, 4.69) is 15.6 Å². The number of hydrogen-bond donors (Lipinski definition) is 3. The summed E-state index contributed by atoms with van der Waals surface area (Å²) in [5, 5.41) is 15.9. The van der Waals surface area contributed by atoms with Gasteiger partial charge in [-0.3, -0.25) is 9.78 Å². The third-order valence-corrected chi connectivity index (χ3v) is 3.03. The molecule has 6 nitrogen and oxygen atoms in total. The van der Waals surface area contributed by atoms with Gasteiger partial charge in [0.05, 0.1) is 5.69 Å². The zero-order valence-corrected chi connectivity index (χ0v) is 11.5. The fourth-order valence-corrected chi connectivity index (χ4v) is 2.00. The highest BCUT2D eigenvalue weighted by molar-refractivity contribution is 6.01. The summed E-state index contributed by atoms with van der Waals surface area (Å²) in [5.74, 6) is -0.816. The first-order valence-electron chi connectivity index (χ1n) is 6.76. The average molecular weight is 287 g/mol. The summed E-state index contributed by atoms with van der Waals surface area (Å²) in [4.78, 5) is 26.2. The van der Waals surface area contributed by atoms with Gasteiger partial charge in [-0.1, -0.05) is 12.1 Å². The number of anilines is 1. The van der Waals surface area contributed by atoms with Gasteiger partial charge in [0, 0.05) is 36.1 Å². The molecule has 0 fully saturated rings. The minimum Gasteiger partial charge on any atom is -0.481 e. The number of pyridine rings is 1. The lowest BCUT2D eigenvalue weighted by Gasteiger charge is -2.09. The van der Waals surface area contributed by atoms with Crippen LogP contribution in [-0.4, -0.2) is 28.6 Å². The summed E-state index contributed by atoms with van der Waals surface area (Å²) < 4.78 is 0. The number of carbonyl (C=O) groups is 2. The largest absolute Gasteiger partial charge is 0.481 e. The minimum atomic E-state index is -0.816. The molecule has 1 aromatic heterocycles. The van der Waals surface area contributed by atoms with Crippen molar-refractivity contribution in [2.45, 2.75) is 19.3 Å². The first-order chi connectivity index (χ1) is 10.2. The topological polar surface area (TPSA) is 91.3 Å². The highest BCUT2D eigenvalue weighted by Crippen LogP contribution is 2.21. The number of nitrogens with one attached hydrogen (secondary N) is 2. The Kier molecular flexibility index (Phi) is 5.09. The number of carbonyl (C=O) groups excluding carboxylic acids is 1. The fraction of sp³-hybridized carbons (Fsp3) is 0.267. The number of aromatic nitrogens is 1. The van der Waals surface area contributed by atoms with Crippen molar-refractivity contribution in [3.63, 3.8) is 0 Å². The van der Waals surface area contributed by atoms with Crippen molar-refractivity contribution < 1.29 is 14.7 Å². The minimum absolute atomic E-state index is 0.125. The van der Waals surface area contributed by atoms with Crippen molar-refractivity contribution in [3.8, 4) is 0 Å². The highest BCUT2D eigenvalue weighted by Gasteiger charge is 2.05. The summed E-state index contributed by atoms with van der Waals surface area (Å²) in [5.41, 5.74) is 0.720. The van der Waals surface area contributed by atoms with Gasteiger partial charge in [0.25, 0.3) is 0 Å². The van der Waals surface area contributed by atoms with Crippen LogP contribution in [0.3, 0.4) is 0 Å². The average Bonchev–Trinajstić information content (AvgIpc) is 2.47. The number of carboxylic acids is 1. The Morgan fingerprint density at radius 1 is 1.19 bits per heavy atom. The van der Waals surface area contributed by atoms with Gasteiger partial charge in [-0.15, -0.1) is 0 Å². The zero-order chi connectivity index (χ0) is 15.1. The van der Waals surface area contributed by atoms with Crippen LogP contribution in [-0.2, 0) is 4.79 Å². The number of aliphatic carboxylic acids is 1. The Morgan fingerprint density at radius 3 is 2.86 bits per heavy atom. The lowest BCUT2D eigenvalue weighted by Crippen LogP contribution is -2.29. The number of fused-ring (bicyclic) bond motifs is 1. The molecule has 0 bridgehead atoms. The second kappa shape index (κ2) is 7.23. The molecule has 0 aliphatic heterocycles. The molecule has 0 aliphatic carbocycles. The summed E-state index contributed by atoms with van der Waals surface area (Å²) >= 11 is 0. The number of rotatable bonds is 6.